The summed E-state index contributed by atoms with van der Waals surface area (Å²) in [6.45, 7) is 4.66. The van der Waals surface area contributed by atoms with Crippen molar-refractivity contribution < 1.29 is 4.79 Å². The van der Waals surface area contributed by atoms with Crippen LogP contribution in [0.1, 0.15) is 35.8 Å². The molecule has 15 heavy (non-hydrogen) atoms. The van der Waals surface area contributed by atoms with Crippen molar-refractivity contribution in [2.24, 2.45) is 0 Å². The SMILES string of the molecule is CC(=O)c1cc(CN2CCCC2)c(Cl)[nH]1. The first kappa shape index (κ1) is 10.7. The minimum absolute atomic E-state index is 0.0320. The maximum atomic E-state index is 11.1. The lowest BCUT2D eigenvalue weighted by molar-refractivity contribution is 0.101. The zero-order valence-electron chi connectivity index (χ0n) is 8.85. The molecule has 0 saturated carbocycles. The minimum atomic E-state index is 0.0320. The van der Waals surface area contributed by atoms with Crippen molar-refractivity contribution in [1.29, 1.82) is 0 Å². The lowest BCUT2D eigenvalue weighted by atomic mass is 10.2. The second kappa shape index (κ2) is 4.37. The monoisotopic (exact) mass is 226 g/mol. The van der Waals surface area contributed by atoms with Gasteiger partial charge in [0.15, 0.2) is 5.78 Å². The topological polar surface area (TPSA) is 36.1 Å². The number of rotatable bonds is 3. The van der Waals surface area contributed by atoms with Gasteiger partial charge in [-0.2, -0.15) is 0 Å². The molecule has 0 spiro atoms. The summed E-state index contributed by atoms with van der Waals surface area (Å²) in [5.41, 5.74) is 1.64. The van der Waals surface area contributed by atoms with Crippen LogP contribution >= 0.6 is 11.6 Å². The van der Waals surface area contributed by atoms with Crippen LogP contribution in [0.5, 0.6) is 0 Å². The van der Waals surface area contributed by atoms with Gasteiger partial charge >= 0.3 is 0 Å². The molecule has 3 nitrogen and oxygen atoms in total. The van der Waals surface area contributed by atoms with Crippen molar-refractivity contribution in [3.8, 4) is 0 Å². The molecule has 0 unspecified atom stereocenters. The third-order valence-corrected chi connectivity index (χ3v) is 3.15. The largest absolute Gasteiger partial charge is 0.343 e. The highest BCUT2D eigenvalue weighted by Gasteiger charge is 2.15. The van der Waals surface area contributed by atoms with E-state index in [1.165, 1.54) is 12.8 Å². The maximum absolute atomic E-state index is 11.1. The van der Waals surface area contributed by atoms with Crippen molar-refractivity contribution in [3.05, 3.63) is 22.5 Å². The van der Waals surface area contributed by atoms with Crippen LogP contribution in [0.15, 0.2) is 6.07 Å². The number of carbonyl (C=O) groups is 1. The molecule has 2 heterocycles. The molecule has 1 fully saturated rings. The Labute approximate surface area is 94.4 Å². The third kappa shape index (κ3) is 2.41. The zero-order valence-corrected chi connectivity index (χ0v) is 9.60. The number of likely N-dealkylation sites (tertiary alicyclic amines) is 1. The number of hydrogen-bond donors (Lipinski definition) is 1. The summed E-state index contributed by atoms with van der Waals surface area (Å²) >= 11 is 6.03. The fraction of sp³-hybridized carbons (Fsp3) is 0.545. The summed E-state index contributed by atoms with van der Waals surface area (Å²) < 4.78 is 0. The molecule has 1 aliphatic heterocycles. The number of aromatic amines is 1. The summed E-state index contributed by atoms with van der Waals surface area (Å²) in [7, 11) is 0. The first-order valence-corrected chi connectivity index (χ1v) is 5.65. The average Bonchev–Trinajstić information content (AvgIpc) is 2.77. The van der Waals surface area contributed by atoms with Crippen LogP contribution in [0.3, 0.4) is 0 Å². The number of halogens is 1. The summed E-state index contributed by atoms with van der Waals surface area (Å²) in [5.74, 6) is 0.0320. The van der Waals surface area contributed by atoms with Gasteiger partial charge in [0, 0.05) is 19.0 Å². The second-order valence-corrected chi connectivity index (χ2v) is 4.44. The summed E-state index contributed by atoms with van der Waals surface area (Å²) in [5, 5.41) is 0.604. The molecule has 4 heteroatoms. The Bertz CT molecular complexity index is 367. The molecule has 82 valence electrons. The molecule has 0 aliphatic carbocycles. The smallest absolute Gasteiger partial charge is 0.175 e. The van der Waals surface area contributed by atoms with Crippen LogP contribution in [0.4, 0.5) is 0 Å². The van der Waals surface area contributed by atoms with Crippen molar-refractivity contribution >= 4 is 17.4 Å². The van der Waals surface area contributed by atoms with E-state index in [1.54, 1.807) is 6.92 Å². The van der Waals surface area contributed by atoms with Gasteiger partial charge in [0.05, 0.1) is 5.69 Å². The van der Waals surface area contributed by atoms with Gasteiger partial charge in [0.1, 0.15) is 5.15 Å². The molecule has 1 aromatic heterocycles. The molecular formula is C11H15ClN2O. The predicted molar refractivity (Wildman–Crippen MR) is 60.3 cm³/mol. The molecule has 0 bridgehead atoms. The van der Waals surface area contributed by atoms with E-state index in [4.69, 9.17) is 11.6 Å². The van der Waals surface area contributed by atoms with Crippen LogP contribution in [-0.4, -0.2) is 28.8 Å². The number of hydrogen-bond acceptors (Lipinski definition) is 2. The lowest BCUT2D eigenvalue weighted by Gasteiger charge is -2.13. The number of aromatic nitrogens is 1. The Hall–Kier alpha value is -0.800. The highest BCUT2D eigenvalue weighted by molar-refractivity contribution is 6.30. The van der Waals surface area contributed by atoms with E-state index in [1.807, 2.05) is 6.07 Å². The fourth-order valence-electron chi connectivity index (χ4n) is 1.96. The standard InChI is InChI=1S/C11H15ClN2O/c1-8(15)10-6-9(11(12)13-10)7-14-4-2-3-5-14/h6,13H,2-5,7H2,1H3. The van der Waals surface area contributed by atoms with Crippen LogP contribution in [-0.2, 0) is 6.54 Å². The molecule has 0 aromatic carbocycles. The minimum Gasteiger partial charge on any atom is -0.343 e. The normalized spacial score (nSPS) is 17.2. The van der Waals surface area contributed by atoms with Gasteiger partial charge in [0.2, 0.25) is 0 Å². The molecule has 1 saturated heterocycles. The number of Topliss-reactive ketones (excluding diaryl/α,β-unsaturated/α-hetero) is 1. The van der Waals surface area contributed by atoms with Gasteiger partial charge in [-0.15, -0.1) is 0 Å². The highest BCUT2D eigenvalue weighted by atomic mass is 35.5. The zero-order chi connectivity index (χ0) is 10.8. The Balaban J connectivity index is 2.10. The number of nitrogens with one attached hydrogen (secondary N) is 1. The van der Waals surface area contributed by atoms with E-state index in [2.05, 4.69) is 9.88 Å². The van der Waals surface area contributed by atoms with Crippen molar-refractivity contribution in [2.45, 2.75) is 26.3 Å². The number of H-pyrrole nitrogens is 1. The van der Waals surface area contributed by atoms with E-state index in [0.717, 1.165) is 25.2 Å². The lowest BCUT2D eigenvalue weighted by Crippen LogP contribution is -2.18. The average molecular weight is 227 g/mol. The molecule has 0 atom stereocenters. The second-order valence-electron chi connectivity index (χ2n) is 4.06. The quantitative estimate of drug-likeness (QED) is 0.804. The number of ketones is 1. The first-order valence-electron chi connectivity index (χ1n) is 5.27. The molecule has 2 rings (SSSR count). The van der Waals surface area contributed by atoms with Crippen molar-refractivity contribution in [3.63, 3.8) is 0 Å². The summed E-state index contributed by atoms with van der Waals surface area (Å²) in [6.07, 6.45) is 2.53. The molecular weight excluding hydrogens is 212 g/mol. The molecule has 1 aromatic rings. The number of nitrogens with zero attached hydrogens (tertiary/aromatic N) is 1. The van der Waals surface area contributed by atoms with Gasteiger partial charge < -0.3 is 4.98 Å². The van der Waals surface area contributed by atoms with E-state index >= 15 is 0 Å². The highest BCUT2D eigenvalue weighted by Crippen LogP contribution is 2.21. The van der Waals surface area contributed by atoms with Crippen LogP contribution in [0.2, 0.25) is 5.15 Å². The van der Waals surface area contributed by atoms with E-state index in [-0.39, 0.29) is 5.78 Å². The maximum Gasteiger partial charge on any atom is 0.175 e. The van der Waals surface area contributed by atoms with Gasteiger partial charge in [0.25, 0.3) is 0 Å². The Morgan fingerprint density at radius 2 is 2.20 bits per heavy atom. The Kier molecular flexibility index (Phi) is 3.12. The van der Waals surface area contributed by atoms with E-state index in [9.17, 15) is 4.79 Å². The van der Waals surface area contributed by atoms with Crippen LogP contribution < -0.4 is 0 Å². The summed E-state index contributed by atoms with van der Waals surface area (Å²) in [4.78, 5) is 16.4. The van der Waals surface area contributed by atoms with Gasteiger partial charge in [-0.3, -0.25) is 9.69 Å². The molecule has 1 N–H and O–H groups in total. The number of carbonyl (C=O) groups excluding carboxylic acids is 1. The van der Waals surface area contributed by atoms with Crippen molar-refractivity contribution in [2.75, 3.05) is 13.1 Å². The summed E-state index contributed by atoms with van der Waals surface area (Å²) in [6, 6.07) is 1.86. The van der Waals surface area contributed by atoms with E-state index in [0.29, 0.717) is 10.8 Å². The van der Waals surface area contributed by atoms with Crippen molar-refractivity contribution in [1.82, 2.24) is 9.88 Å². The van der Waals surface area contributed by atoms with Crippen LogP contribution in [0.25, 0.3) is 0 Å². The van der Waals surface area contributed by atoms with Gasteiger partial charge in [-0.05, 0) is 32.0 Å². The first-order chi connectivity index (χ1) is 7.16. The van der Waals surface area contributed by atoms with Crippen LogP contribution in [0, 0.1) is 0 Å². The van der Waals surface area contributed by atoms with Gasteiger partial charge in [-0.25, -0.2) is 0 Å². The Morgan fingerprint density at radius 1 is 1.53 bits per heavy atom. The molecule has 0 amide bonds. The Morgan fingerprint density at radius 3 is 2.73 bits per heavy atom. The van der Waals surface area contributed by atoms with E-state index < -0.39 is 0 Å². The van der Waals surface area contributed by atoms with Gasteiger partial charge in [-0.1, -0.05) is 11.6 Å². The predicted octanol–water partition coefficient (Wildman–Crippen LogP) is 2.47. The third-order valence-electron chi connectivity index (χ3n) is 2.82. The molecule has 1 aliphatic rings. The molecule has 0 radical (unpaired) electrons. The fourth-order valence-corrected chi connectivity index (χ4v) is 2.17.